The van der Waals surface area contributed by atoms with Crippen molar-refractivity contribution in [2.45, 2.75) is 19.4 Å². The Balaban J connectivity index is 2.10. The standard InChI is InChI=1S/C16H16N2S/c1-11(17)10-12-6-2-3-7-13(12)16-18-14-8-4-5-9-15(14)19-16/h2-9,11H,10,17H2,1H3. The Hall–Kier alpha value is -1.71. The highest BCUT2D eigenvalue weighted by atomic mass is 32.1. The fraction of sp³-hybridized carbons (Fsp3) is 0.188. The lowest BCUT2D eigenvalue weighted by atomic mass is 10.0. The molecule has 0 spiro atoms. The number of aromatic nitrogens is 1. The Morgan fingerprint density at radius 3 is 2.63 bits per heavy atom. The molecule has 0 aliphatic carbocycles. The maximum atomic E-state index is 5.93. The molecule has 2 aromatic carbocycles. The van der Waals surface area contributed by atoms with Crippen molar-refractivity contribution in [3.63, 3.8) is 0 Å². The second-order valence-electron chi connectivity index (χ2n) is 4.83. The van der Waals surface area contributed by atoms with Gasteiger partial charge in [0.1, 0.15) is 5.01 Å². The average Bonchev–Trinajstić information content (AvgIpc) is 2.82. The van der Waals surface area contributed by atoms with E-state index in [1.807, 2.05) is 13.0 Å². The van der Waals surface area contributed by atoms with Crippen LogP contribution in [0.4, 0.5) is 0 Å². The molecule has 96 valence electrons. The average molecular weight is 268 g/mol. The Bertz CT molecular complexity index is 668. The van der Waals surface area contributed by atoms with E-state index in [-0.39, 0.29) is 6.04 Å². The first-order valence-corrected chi connectivity index (χ1v) is 7.25. The van der Waals surface area contributed by atoms with Crippen LogP contribution in [0, 0.1) is 0 Å². The van der Waals surface area contributed by atoms with Crippen LogP contribution >= 0.6 is 11.3 Å². The third-order valence-corrected chi connectivity index (χ3v) is 4.15. The van der Waals surface area contributed by atoms with Gasteiger partial charge in [-0.1, -0.05) is 36.4 Å². The molecule has 1 heterocycles. The van der Waals surface area contributed by atoms with Crippen LogP contribution < -0.4 is 5.73 Å². The third kappa shape index (κ3) is 2.53. The molecular weight excluding hydrogens is 252 g/mol. The number of para-hydroxylation sites is 1. The molecule has 1 atom stereocenters. The van der Waals surface area contributed by atoms with Crippen LogP contribution in [0.25, 0.3) is 20.8 Å². The fourth-order valence-corrected chi connectivity index (χ4v) is 3.27. The van der Waals surface area contributed by atoms with E-state index in [4.69, 9.17) is 10.7 Å². The van der Waals surface area contributed by atoms with E-state index in [0.29, 0.717) is 0 Å². The molecule has 2 nitrogen and oxygen atoms in total. The maximum absolute atomic E-state index is 5.93. The van der Waals surface area contributed by atoms with Crippen LogP contribution in [0.3, 0.4) is 0 Å². The number of rotatable bonds is 3. The molecule has 0 aliphatic heterocycles. The summed E-state index contributed by atoms with van der Waals surface area (Å²) in [5.41, 5.74) is 9.48. The van der Waals surface area contributed by atoms with Crippen molar-refractivity contribution in [3.8, 4) is 10.6 Å². The van der Waals surface area contributed by atoms with E-state index in [2.05, 4.69) is 42.5 Å². The first kappa shape index (κ1) is 12.3. The van der Waals surface area contributed by atoms with Gasteiger partial charge >= 0.3 is 0 Å². The van der Waals surface area contributed by atoms with E-state index >= 15 is 0 Å². The Labute approximate surface area is 116 Å². The summed E-state index contributed by atoms with van der Waals surface area (Å²) in [4.78, 5) is 4.73. The topological polar surface area (TPSA) is 38.9 Å². The lowest BCUT2D eigenvalue weighted by molar-refractivity contribution is 0.739. The van der Waals surface area contributed by atoms with E-state index < -0.39 is 0 Å². The molecule has 0 aliphatic rings. The minimum atomic E-state index is 0.163. The largest absolute Gasteiger partial charge is 0.328 e. The summed E-state index contributed by atoms with van der Waals surface area (Å²) in [5.74, 6) is 0. The highest BCUT2D eigenvalue weighted by Gasteiger charge is 2.10. The number of nitrogens with zero attached hydrogens (tertiary/aromatic N) is 1. The summed E-state index contributed by atoms with van der Waals surface area (Å²) < 4.78 is 1.23. The number of nitrogens with two attached hydrogens (primary N) is 1. The van der Waals surface area contributed by atoms with Gasteiger partial charge in [0.05, 0.1) is 10.2 Å². The molecule has 0 saturated carbocycles. The quantitative estimate of drug-likeness (QED) is 0.783. The van der Waals surface area contributed by atoms with Crippen LogP contribution in [0.1, 0.15) is 12.5 Å². The van der Waals surface area contributed by atoms with Gasteiger partial charge in [-0.05, 0) is 31.0 Å². The van der Waals surface area contributed by atoms with Crippen LogP contribution in [-0.4, -0.2) is 11.0 Å². The van der Waals surface area contributed by atoms with Crippen LogP contribution in [-0.2, 0) is 6.42 Å². The van der Waals surface area contributed by atoms with Gasteiger partial charge in [0.15, 0.2) is 0 Å². The molecule has 3 rings (SSSR count). The van der Waals surface area contributed by atoms with Gasteiger partial charge in [-0.3, -0.25) is 0 Å². The first-order chi connectivity index (χ1) is 9.24. The number of benzene rings is 2. The molecule has 0 radical (unpaired) electrons. The lowest BCUT2D eigenvalue weighted by Crippen LogP contribution is -2.18. The number of fused-ring (bicyclic) bond motifs is 1. The molecule has 0 amide bonds. The molecule has 0 bridgehead atoms. The van der Waals surface area contributed by atoms with E-state index in [1.165, 1.54) is 15.8 Å². The van der Waals surface area contributed by atoms with Crippen molar-refractivity contribution in [2.24, 2.45) is 5.73 Å². The number of hydrogen-bond acceptors (Lipinski definition) is 3. The van der Waals surface area contributed by atoms with Crippen LogP contribution in [0.2, 0.25) is 0 Å². The van der Waals surface area contributed by atoms with Crippen LogP contribution in [0.15, 0.2) is 48.5 Å². The van der Waals surface area contributed by atoms with Gasteiger partial charge in [0.2, 0.25) is 0 Å². The van der Waals surface area contributed by atoms with Crippen molar-refractivity contribution in [2.75, 3.05) is 0 Å². The number of thiazole rings is 1. The minimum absolute atomic E-state index is 0.163. The Kier molecular flexibility index (Phi) is 3.32. The van der Waals surface area contributed by atoms with Crippen molar-refractivity contribution in [1.82, 2.24) is 4.98 Å². The van der Waals surface area contributed by atoms with Crippen molar-refractivity contribution in [1.29, 1.82) is 0 Å². The highest BCUT2D eigenvalue weighted by Crippen LogP contribution is 2.32. The maximum Gasteiger partial charge on any atom is 0.124 e. The van der Waals surface area contributed by atoms with E-state index in [1.54, 1.807) is 11.3 Å². The summed E-state index contributed by atoms with van der Waals surface area (Å²) in [7, 11) is 0. The zero-order valence-electron chi connectivity index (χ0n) is 10.8. The predicted octanol–water partition coefficient (Wildman–Crippen LogP) is 3.85. The van der Waals surface area contributed by atoms with Gasteiger partial charge in [-0.15, -0.1) is 11.3 Å². The molecule has 2 N–H and O–H groups in total. The number of hydrogen-bond donors (Lipinski definition) is 1. The molecule has 0 saturated heterocycles. The fourth-order valence-electron chi connectivity index (χ4n) is 2.24. The zero-order chi connectivity index (χ0) is 13.2. The second kappa shape index (κ2) is 5.11. The summed E-state index contributed by atoms with van der Waals surface area (Å²) in [6, 6.07) is 16.8. The van der Waals surface area contributed by atoms with Gasteiger partial charge in [-0.2, -0.15) is 0 Å². The second-order valence-corrected chi connectivity index (χ2v) is 5.86. The lowest BCUT2D eigenvalue weighted by Gasteiger charge is -2.09. The summed E-state index contributed by atoms with van der Waals surface area (Å²) in [5, 5.41) is 1.08. The van der Waals surface area contributed by atoms with Gasteiger partial charge < -0.3 is 5.73 Å². The monoisotopic (exact) mass is 268 g/mol. The Morgan fingerprint density at radius 1 is 1.11 bits per heavy atom. The van der Waals surface area contributed by atoms with Crippen LogP contribution in [0.5, 0.6) is 0 Å². The summed E-state index contributed by atoms with van der Waals surface area (Å²) in [6.45, 7) is 2.04. The van der Waals surface area contributed by atoms with Crippen molar-refractivity contribution in [3.05, 3.63) is 54.1 Å². The first-order valence-electron chi connectivity index (χ1n) is 6.43. The Morgan fingerprint density at radius 2 is 1.84 bits per heavy atom. The smallest absolute Gasteiger partial charge is 0.124 e. The third-order valence-electron chi connectivity index (χ3n) is 3.08. The molecular formula is C16H16N2S. The van der Waals surface area contributed by atoms with Gasteiger partial charge in [0, 0.05) is 11.6 Å². The van der Waals surface area contributed by atoms with Gasteiger partial charge in [0.25, 0.3) is 0 Å². The van der Waals surface area contributed by atoms with Gasteiger partial charge in [-0.25, -0.2) is 4.98 Å². The van der Waals surface area contributed by atoms with E-state index in [9.17, 15) is 0 Å². The highest BCUT2D eigenvalue weighted by molar-refractivity contribution is 7.21. The summed E-state index contributed by atoms with van der Waals surface area (Å²) >= 11 is 1.74. The zero-order valence-corrected chi connectivity index (χ0v) is 11.7. The predicted molar refractivity (Wildman–Crippen MR) is 82.4 cm³/mol. The summed E-state index contributed by atoms with van der Waals surface area (Å²) in [6.07, 6.45) is 0.881. The van der Waals surface area contributed by atoms with E-state index in [0.717, 1.165) is 16.9 Å². The molecule has 1 unspecified atom stereocenters. The molecule has 3 aromatic rings. The van der Waals surface area contributed by atoms with Crippen molar-refractivity contribution < 1.29 is 0 Å². The van der Waals surface area contributed by atoms with Crippen molar-refractivity contribution >= 4 is 21.6 Å². The normalized spacial score (nSPS) is 12.7. The minimum Gasteiger partial charge on any atom is -0.328 e. The molecule has 1 aromatic heterocycles. The molecule has 3 heteroatoms. The molecule has 19 heavy (non-hydrogen) atoms. The SMILES string of the molecule is CC(N)Cc1ccccc1-c1nc2ccccc2s1. The molecule has 0 fully saturated rings.